The number of fused-ring (bicyclic) bond motifs is 2. The smallest absolute Gasteiger partial charge is 0.257 e. The van der Waals surface area contributed by atoms with Crippen molar-refractivity contribution in [1.29, 1.82) is 0 Å². The van der Waals surface area contributed by atoms with Crippen molar-refractivity contribution < 1.29 is 4.52 Å². The fourth-order valence-electron chi connectivity index (χ4n) is 3.76. The molecular weight excluding hydrogens is 312 g/mol. The summed E-state index contributed by atoms with van der Waals surface area (Å²) < 4.78 is 5.39. The maximum Gasteiger partial charge on any atom is 0.257 e. The number of hydrogen-bond acceptors (Lipinski definition) is 5. The number of rotatable bonds is 4. The number of aromatic nitrogens is 2. The minimum absolute atomic E-state index is 0. The highest BCUT2D eigenvalue weighted by Crippen LogP contribution is 2.29. The molecule has 2 aliphatic rings. The molecule has 4 rings (SSSR count). The van der Waals surface area contributed by atoms with Gasteiger partial charge in [0.1, 0.15) is 0 Å². The molecule has 1 aromatic carbocycles. The summed E-state index contributed by atoms with van der Waals surface area (Å²) in [7, 11) is 2.17. The number of halogens is 1. The van der Waals surface area contributed by atoms with Gasteiger partial charge in [-0.05, 0) is 44.9 Å². The largest absolute Gasteiger partial charge is 0.334 e. The Balaban J connectivity index is 0.00000156. The molecule has 0 saturated carbocycles. The molecule has 5 nitrogen and oxygen atoms in total. The Labute approximate surface area is 142 Å². The first kappa shape index (κ1) is 16.4. The Morgan fingerprint density at radius 3 is 2.57 bits per heavy atom. The maximum atomic E-state index is 5.39. The molecule has 124 valence electrons. The predicted molar refractivity (Wildman–Crippen MR) is 91.4 cm³/mol. The molecule has 0 amide bonds. The standard InChI is InChI=1S/C17H22N4O.ClH/c1-21(15-9-13-7-8-14(10-15)18-13)11-16-19-17(22-20-16)12-5-3-2-4-6-12;/h2-6,13-15,18H,7-11H2,1H3;1H. The highest BCUT2D eigenvalue weighted by Gasteiger charge is 2.35. The summed E-state index contributed by atoms with van der Waals surface area (Å²) in [5.41, 5.74) is 0.976. The van der Waals surface area contributed by atoms with Gasteiger partial charge >= 0.3 is 0 Å². The van der Waals surface area contributed by atoms with Gasteiger partial charge in [0.05, 0.1) is 6.54 Å². The van der Waals surface area contributed by atoms with Gasteiger partial charge in [-0.25, -0.2) is 0 Å². The third-order valence-corrected chi connectivity index (χ3v) is 4.95. The minimum Gasteiger partial charge on any atom is -0.334 e. The van der Waals surface area contributed by atoms with Crippen LogP contribution >= 0.6 is 12.4 Å². The molecule has 0 aliphatic carbocycles. The lowest BCUT2D eigenvalue weighted by Gasteiger charge is -2.34. The molecule has 6 heteroatoms. The topological polar surface area (TPSA) is 54.2 Å². The molecule has 2 aliphatic heterocycles. The second-order valence-corrected chi connectivity index (χ2v) is 6.56. The van der Waals surface area contributed by atoms with Gasteiger partial charge in [-0.1, -0.05) is 23.4 Å². The highest BCUT2D eigenvalue weighted by atomic mass is 35.5. The van der Waals surface area contributed by atoms with Gasteiger partial charge in [-0.2, -0.15) is 4.98 Å². The summed E-state index contributed by atoms with van der Waals surface area (Å²) in [4.78, 5) is 6.91. The predicted octanol–water partition coefficient (Wildman–Crippen LogP) is 2.87. The van der Waals surface area contributed by atoms with Crippen LogP contribution < -0.4 is 5.32 Å². The Bertz CT molecular complexity index is 621. The first-order chi connectivity index (χ1) is 10.8. The van der Waals surface area contributed by atoms with Crippen LogP contribution in [-0.2, 0) is 6.54 Å². The van der Waals surface area contributed by atoms with Crippen molar-refractivity contribution in [2.75, 3.05) is 7.05 Å². The molecule has 2 unspecified atom stereocenters. The van der Waals surface area contributed by atoms with Crippen LogP contribution in [0.3, 0.4) is 0 Å². The fraction of sp³-hybridized carbons (Fsp3) is 0.529. The number of hydrogen-bond donors (Lipinski definition) is 1. The summed E-state index contributed by atoms with van der Waals surface area (Å²) in [5, 5.41) is 7.83. The Morgan fingerprint density at radius 1 is 1.17 bits per heavy atom. The van der Waals surface area contributed by atoms with Crippen LogP contribution in [-0.4, -0.2) is 40.2 Å². The molecule has 2 aromatic rings. The molecule has 3 heterocycles. The average molecular weight is 335 g/mol. The normalized spacial score (nSPS) is 26.3. The summed E-state index contributed by atoms with van der Waals surface area (Å²) in [5.74, 6) is 1.38. The lowest BCUT2D eigenvalue weighted by molar-refractivity contribution is 0.161. The van der Waals surface area contributed by atoms with E-state index in [1.54, 1.807) is 0 Å². The van der Waals surface area contributed by atoms with Crippen molar-refractivity contribution in [3.8, 4) is 11.5 Å². The van der Waals surface area contributed by atoms with Crippen molar-refractivity contribution in [2.24, 2.45) is 0 Å². The summed E-state index contributed by atoms with van der Waals surface area (Å²) >= 11 is 0. The maximum absolute atomic E-state index is 5.39. The molecule has 2 fully saturated rings. The third-order valence-electron chi connectivity index (χ3n) is 4.95. The van der Waals surface area contributed by atoms with Gasteiger partial charge in [0, 0.05) is 23.7 Å². The van der Waals surface area contributed by atoms with E-state index in [4.69, 9.17) is 4.52 Å². The second-order valence-electron chi connectivity index (χ2n) is 6.56. The first-order valence-electron chi connectivity index (χ1n) is 8.12. The lowest BCUT2D eigenvalue weighted by Crippen LogP contribution is -2.46. The van der Waals surface area contributed by atoms with E-state index in [1.165, 1.54) is 25.7 Å². The zero-order valence-electron chi connectivity index (χ0n) is 13.3. The van der Waals surface area contributed by atoms with Gasteiger partial charge in [0.25, 0.3) is 5.89 Å². The van der Waals surface area contributed by atoms with Crippen LogP contribution in [0.15, 0.2) is 34.9 Å². The van der Waals surface area contributed by atoms with Gasteiger partial charge in [-0.15, -0.1) is 12.4 Å². The van der Waals surface area contributed by atoms with Crippen molar-refractivity contribution in [3.05, 3.63) is 36.2 Å². The van der Waals surface area contributed by atoms with E-state index in [1.807, 2.05) is 30.3 Å². The summed E-state index contributed by atoms with van der Waals surface area (Å²) in [6, 6.07) is 12.0. The number of piperidine rings is 1. The number of nitrogens with zero attached hydrogens (tertiary/aromatic N) is 3. The van der Waals surface area contributed by atoms with Crippen LogP contribution in [0, 0.1) is 0 Å². The van der Waals surface area contributed by atoms with Gasteiger partial charge in [0.15, 0.2) is 5.82 Å². The van der Waals surface area contributed by atoms with Crippen molar-refractivity contribution in [1.82, 2.24) is 20.4 Å². The molecule has 1 N–H and O–H groups in total. The van der Waals surface area contributed by atoms with E-state index in [0.717, 1.165) is 17.9 Å². The van der Waals surface area contributed by atoms with Gasteiger partial charge in [0.2, 0.25) is 0 Å². The van der Waals surface area contributed by atoms with Gasteiger partial charge in [-0.3, -0.25) is 4.90 Å². The van der Waals surface area contributed by atoms with E-state index >= 15 is 0 Å². The molecular formula is C17H23ClN4O. The summed E-state index contributed by atoms with van der Waals surface area (Å²) in [6.45, 7) is 0.750. The molecule has 2 atom stereocenters. The van der Waals surface area contributed by atoms with Crippen molar-refractivity contribution in [3.63, 3.8) is 0 Å². The second kappa shape index (κ2) is 6.99. The highest BCUT2D eigenvalue weighted by molar-refractivity contribution is 5.85. The molecule has 0 spiro atoms. The first-order valence-corrected chi connectivity index (χ1v) is 8.12. The Hall–Kier alpha value is -1.43. The monoisotopic (exact) mass is 334 g/mol. The Kier molecular flexibility index (Phi) is 4.99. The van der Waals surface area contributed by atoms with E-state index in [2.05, 4.69) is 27.4 Å². The van der Waals surface area contributed by atoms with Crippen LogP contribution in [0.25, 0.3) is 11.5 Å². The van der Waals surface area contributed by atoms with Crippen LogP contribution in [0.5, 0.6) is 0 Å². The third kappa shape index (κ3) is 3.57. The van der Waals surface area contributed by atoms with Crippen LogP contribution in [0.1, 0.15) is 31.5 Å². The van der Waals surface area contributed by atoms with Crippen LogP contribution in [0.2, 0.25) is 0 Å². The van der Waals surface area contributed by atoms with E-state index in [0.29, 0.717) is 24.0 Å². The average Bonchev–Trinajstić information content (AvgIpc) is 3.14. The lowest BCUT2D eigenvalue weighted by atomic mass is 9.98. The van der Waals surface area contributed by atoms with Gasteiger partial charge < -0.3 is 9.84 Å². The quantitative estimate of drug-likeness (QED) is 0.931. The van der Waals surface area contributed by atoms with E-state index in [-0.39, 0.29) is 12.4 Å². The van der Waals surface area contributed by atoms with Crippen LogP contribution in [0.4, 0.5) is 0 Å². The molecule has 1 aromatic heterocycles. The van der Waals surface area contributed by atoms with Crippen molar-refractivity contribution in [2.45, 2.75) is 50.4 Å². The molecule has 23 heavy (non-hydrogen) atoms. The number of nitrogens with one attached hydrogen (secondary N) is 1. The zero-order valence-corrected chi connectivity index (χ0v) is 14.1. The fourth-order valence-corrected chi connectivity index (χ4v) is 3.76. The molecule has 2 bridgehead atoms. The van der Waals surface area contributed by atoms with E-state index in [9.17, 15) is 0 Å². The van der Waals surface area contributed by atoms with Crippen molar-refractivity contribution >= 4 is 12.4 Å². The molecule has 0 radical (unpaired) electrons. The minimum atomic E-state index is 0. The zero-order chi connectivity index (χ0) is 14.9. The molecule has 2 saturated heterocycles. The Morgan fingerprint density at radius 2 is 1.87 bits per heavy atom. The van der Waals surface area contributed by atoms with E-state index < -0.39 is 0 Å². The SMILES string of the molecule is CN(Cc1noc(-c2ccccc2)n1)C1CC2CCC(C1)N2.Cl. The number of benzene rings is 1. The summed E-state index contributed by atoms with van der Waals surface area (Å²) in [6.07, 6.45) is 5.12.